The van der Waals surface area contributed by atoms with E-state index in [-0.39, 0.29) is 5.25 Å². The number of hydrogen-bond donors (Lipinski definition) is 1. The number of halogens is 1. The molecular weight excluding hydrogens is 246 g/mol. The van der Waals surface area contributed by atoms with Crippen LogP contribution >= 0.6 is 11.6 Å². The second-order valence-corrected chi connectivity index (χ2v) is 5.88. The second-order valence-electron chi connectivity index (χ2n) is 3.86. The normalized spacial score (nSPS) is 19.6. The molecule has 1 saturated heterocycles. The van der Waals surface area contributed by atoms with E-state index in [1.165, 1.54) is 0 Å². The van der Waals surface area contributed by atoms with Crippen LogP contribution in [0.2, 0.25) is 5.15 Å². The van der Waals surface area contributed by atoms with Crippen LogP contribution in [-0.4, -0.2) is 32.5 Å². The summed E-state index contributed by atoms with van der Waals surface area (Å²) in [5.41, 5.74) is 0.761. The first-order valence-electron chi connectivity index (χ1n) is 5.29. The number of nitrogens with zero attached hydrogens (tertiary/aromatic N) is 2. The summed E-state index contributed by atoms with van der Waals surface area (Å²) in [5, 5.41) is 4.13. The molecule has 0 aromatic carbocycles. The summed E-state index contributed by atoms with van der Waals surface area (Å²) >= 11 is 5.84. The van der Waals surface area contributed by atoms with Gasteiger partial charge in [0.2, 0.25) is 5.16 Å². The van der Waals surface area contributed by atoms with Crippen molar-refractivity contribution in [3.05, 3.63) is 16.9 Å². The van der Waals surface area contributed by atoms with Gasteiger partial charge in [0.1, 0.15) is 5.15 Å². The molecule has 1 aromatic rings. The maximum atomic E-state index is 12.2. The van der Waals surface area contributed by atoms with Crippen molar-refractivity contribution in [2.24, 2.45) is 0 Å². The van der Waals surface area contributed by atoms with Gasteiger partial charge in [-0.3, -0.25) is 4.21 Å². The third kappa shape index (κ3) is 2.78. The summed E-state index contributed by atoms with van der Waals surface area (Å²) < 4.78 is 12.2. The van der Waals surface area contributed by atoms with Crippen molar-refractivity contribution in [1.29, 1.82) is 0 Å². The van der Waals surface area contributed by atoms with Crippen LogP contribution in [0, 0.1) is 6.92 Å². The first-order valence-corrected chi connectivity index (χ1v) is 6.88. The van der Waals surface area contributed by atoms with Gasteiger partial charge in [-0.15, -0.1) is 0 Å². The van der Waals surface area contributed by atoms with Gasteiger partial charge in [-0.2, -0.15) is 0 Å². The molecule has 0 unspecified atom stereocenters. The van der Waals surface area contributed by atoms with E-state index in [9.17, 15) is 4.21 Å². The SMILES string of the molecule is Cc1cc(Cl)nc([S@@](=O)C2CCNCC2)n1. The molecule has 0 spiro atoms. The summed E-state index contributed by atoms with van der Waals surface area (Å²) in [6, 6.07) is 1.67. The zero-order valence-corrected chi connectivity index (χ0v) is 10.6. The molecule has 1 aliphatic heterocycles. The third-order valence-electron chi connectivity index (χ3n) is 2.57. The van der Waals surface area contributed by atoms with Crippen molar-refractivity contribution >= 4 is 22.4 Å². The predicted molar refractivity (Wildman–Crippen MR) is 64.1 cm³/mol. The van der Waals surface area contributed by atoms with Crippen molar-refractivity contribution in [1.82, 2.24) is 15.3 Å². The van der Waals surface area contributed by atoms with Crippen LogP contribution in [0.3, 0.4) is 0 Å². The number of aryl methyl sites for hydroxylation is 1. The predicted octanol–water partition coefficient (Wildman–Crippen LogP) is 1.30. The first kappa shape index (κ1) is 12.0. The smallest absolute Gasteiger partial charge is 0.220 e. The highest BCUT2D eigenvalue weighted by atomic mass is 35.5. The van der Waals surface area contributed by atoms with Crippen LogP contribution in [0.4, 0.5) is 0 Å². The Morgan fingerprint density at radius 1 is 1.44 bits per heavy atom. The van der Waals surface area contributed by atoms with Gasteiger partial charge in [0.05, 0.1) is 10.8 Å². The first-order chi connectivity index (χ1) is 7.66. The lowest BCUT2D eigenvalue weighted by molar-refractivity contribution is 0.517. The summed E-state index contributed by atoms with van der Waals surface area (Å²) in [6.07, 6.45) is 1.81. The van der Waals surface area contributed by atoms with Gasteiger partial charge in [-0.05, 0) is 38.9 Å². The van der Waals surface area contributed by atoms with Gasteiger partial charge in [0.25, 0.3) is 0 Å². The molecule has 0 saturated carbocycles. The van der Waals surface area contributed by atoms with Crippen LogP contribution in [0.1, 0.15) is 18.5 Å². The van der Waals surface area contributed by atoms with E-state index < -0.39 is 10.8 Å². The average Bonchev–Trinajstić information content (AvgIpc) is 2.28. The quantitative estimate of drug-likeness (QED) is 0.643. The molecular formula is C10H14ClN3OS. The highest BCUT2D eigenvalue weighted by Gasteiger charge is 2.23. The fraction of sp³-hybridized carbons (Fsp3) is 0.600. The molecule has 0 bridgehead atoms. The Morgan fingerprint density at radius 2 is 2.12 bits per heavy atom. The second kappa shape index (κ2) is 5.21. The number of aromatic nitrogens is 2. The lowest BCUT2D eigenvalue weighted by Crippen LogP contribution is -2.33. The van der Waals surface area contributed by atoms with Crippen LogP contribution in [0.15, 0.2) is 11.2 Å². The standard InChI is InChI=1S/C10H14ClN3OS/c1-7-6-9(11)14-10(13-7)16(15)8-2-4-12-5-3-8/h6,8,12H,2-5H2,1H3/t16-/m0/s1. The van der Waals surface area contributed by atoms with Crippen LogP contribution in [0.5, 0.6) is 0 Å². The van der Waals surface area contributed by atoms with E-state index in [2.05, 4.69) is 15.3 Å². The van der Waals surface area contributed by atoms with E-state index >= 15 is 0 Å². The Bertz CT molecular complexity index is 387. The topological polar surface area (TPSA) is 54.9 Å². The van der Waals surface area contributed by atoms with Crippen molar-refractivity contribution in [2.45, 2.75) is 30.2 Å². The minimum Gasteiger partial charge on any atom is -0.317 e. The molecule has 2 heterocycles. The molecule has 0 amide bonds. The number of nitrogens with one attached hydrogen (secondary N) is 1. The molecule has 0 radical (unpaired) electrons. The largest absolute Gasteiger partial charge is 0.317 e. The summed E-state index contributed by atoms with van der Waals surface area (Å²) in [7, 11) is -1.14. The summed E-state index contributed by atoms with van der Waals surface area (Å²) in [4.78, 5) is 8.24. The van der Waals surface area contributed by atoms with Crippen molar-refractivity contribution < 1.29 is 4.21 Å². The highest BCUT2D eigenvalue weighted by molar-refractivity contribution is 7.85. The molecule has 1 fully saturated rings. The van der Waals surface area contributed by atoms with Crippen molar-refractivity contribution in [3.8, 4) is 0 Å². The Morgan fingerprint density at radius 3 is 2.75 bits per heavy atom. The third-order valence-corrected chi connectivity index (χ3v) is 4.38. The van der Waals surface area contributed by atoms with Gasteiger partial charge >= 0.3 is 0 Å². The van der Waals surface area contributed by atoms with Crippen LogP contribution in [-0.2, 0) is 10.8 Å². The van der Waals surface area contributed by atoms with Gasteiger partial charge in [-0.1, -0.05) is 11.6 Å². The van der Waals surface area contributed by atoms with Gasteiger partial charge in [-0.25, -0.2) is 9.97 Å². The van der Waals surface area contributed by atoms with E-state index in [0.717, 1.165) is 31.6 Å². The molecule has 88 valence electrons. The number of piperidine rings is 1. The molecule has 0 aliphatic carbocycles. The van der Waals surface area contributed by atoms with Crippen molar-refractivity contribution in [3.63, 3.8) is 0 Å². The molecule has 1 atom stereocenters. The monoisotopic (exact) mass is 259 g/mol. The lowest BCUT2D eigenvalue weighted by atomic mass is 10.2. The van der Waals surface area contributed by atoms with E-state index in [1.54, 1.807) is 6.07 Å². The Balaban J connectivity index is 2.19. The molecule has 6 heteroatoms. The maximum absolute atomic E-state index is 12.2. The Kier molecular flexibility index (Phi) is 3.89. The highest BCUT2D eigenvalue weighted by Crippen LogP contribution is 2.17. The fourth-order valence-corrected chi connectivity index (χ4v) is 3.43. The van der Waals surface area contributed by atoms with E-state index in [0.29, 0.717) is 10.3 Å². The number of hydrogen-bond acceptors (Lipinski definition) is 4. The molecule has 1 aliphatic rings. The molecule has 1 aromatic heterocycles. The zero-order valence-electron chi connectivity index (χ0n) is 9.07. The fourth-order valence-electron chi connectivity index (χ4n) is 1.75. The van der Waals surface area contributed by atoms with E-state index in [1.807, 2.05) is 6.92 Å². The average molecular weight is 260 g/mol. The zero-order chi connectivity index (χ0) is 11.5. The lowest BCUT2D eigenvalue weighted by Gasteiger charge is -2.21. The summed E-state index contributed by atoms with van der Waals surface area (Å²) in [6.45, 7) is 3.66. The van der Waals surface area contributed by atoms with Gasteiger partial charge < -0.3 is 5.32 Å². The molecule has 2 rings (SSSR count). The van der Waals surface area contributed by atoms with Crippen LogP contribution in [0.25, 0.3) is 0 Å². The number of rotatable bonds is 2. The minimum atomic E-state index is -1.14. The van der Waals surface area contributed by atoms with Crippen molar-refractivity contribution in [2.75, 3.05) is 13.1 Å². The minimum absolute atomic E-state index is 0.152. The van der Waals surface area contributed by atoms with Gasteiger partial charge in [0, 0.05) is 10.9 Å². The Hall–Kier alpha value is -0.520. The molecule has 1 N–H and O–H groups in total. The maximum Gasteiger partial charge on any atom is 0.220 e. The van der Waals surface area contributed by atoms with E-state index in [4.69, 9.17) is 11.6 Å². The summed E-state index contributed by atoms with van der Waals surface area (Å²) in [5.74, 6) is 0. The molecule has 16 heavy (non-hydrogen) atoms. The van der Waals surface area contributed by atoms with Gasteiger partial charge in [0.15, 0.2) is 0 Å². The Labute approximate surface area is 102 Å². The molecule has 4 nitrogen and oxygen atoms in total. The van der Waals surface area contributed by atoms with Crippen LogP contribution < -0.4 is 5.32 Å².